The fourth-order valence-corrected chi connectivity index (χ4v) is 0.445. The quantitative estimate of drug-likeness (QED) is 0.407. The van der Waals surface area contributed by atoms with E-state index < -0.39 is 0 Å². The van der Waals surface area contributed by atoms with Gasteiger partial charge in [0.25, 0.3) is 0 Å². The Kier molecular flexibility index (Phi) is 6.65. The van der Waals surface area contributed by atoms with E-state index in [1.807, 2.05) is 12.2 Å². The van der Waals surface area contributed by atoms with Gasteiger partial charge in [-0.3, -0.25) is 0 Å². The molecule has 0 saturated carbocycles. The zero-order valence-corrected chi connectivity index (χ0v) is 5.91. The summed E-state index contributed by atoms with van der Waals surface area (Å²) < 4.78 is 0. The molecule has 0 radical (unpaired) electrons. The van der Waals surface area contributed by atoms with E-state index >= 15 is 0 Å². The van der Waals surface area contributed by atoms with E-state index in [0.717, 1.165) is 6.42 Å². The Morgan fingerprint density at radius 3 is 2.75 bits per heavy atom. The van der Waals surface area contributed by atoms with Crippen molar-refractivity contribution in [2.45, 2.75) is 19.8 Å². The maximum atomic E-state index is 5.34. The summed E-state index contributed by atoms with van der Waals surface area (Å²) in [6, 6.07) is 0. The fourth-order valence-electron chi connectivity index (χ4n) is 0.356. The molecule has 0 aromatic rings. The third-order valence-corrected chi connectivity index (χ3v) is 0.900. The first kappa shape index (κ1) is 7.81. The molecule has 0 rings (SSSR count). The highest BCUT2D eigenvalue weighted by atomic mass is 35.5. The van der Waals surface area contributed by atoms with Crippen molar-refractivity contribution < 1.29 is 0 Å². The maximum absolute atomic E-state index is 5.34. The van der Waals surface area contributed by atoms with Crippen molar-refractivity contribution in [1.29, 1.82) is 0 Å². The smallest absolute Gasteiger partial charge is 0.0478 e. The first-order valence-electron chi connectivity index (χ1n) is 2.87. The summed E-state index contributed by atoms with van der Waals surface area (Å²) in [6.45, 7) is 2.14. The van der Waals surface area contributed by atoms with E-state index in [2.05, 4.69) is 12.7 Å². The van der Waals surface area contributed by atoms with Crippen LogP contribution in [-0.2, 0) is 0 Å². The van der Waals surface area contributed by atoms with Crippen molar-refractivity contribution in [2.75, 3.05) is 5.88 Å². The van der Waals surface area contributed by atoms with Gasteiger partial charge in [-0.1, -0.05) is 13.3 Å². The van der Waals surface area contributed by atoms with Crippen molar-refractivity contribution in [2.24, 2.45) is 0 Å². The van der Waals surface area contributed by atoms with E-state index in [1.165, 1.54) is 6.42 Å². The lowest BCUT2D eigenvalue weighted by Gasteiger charge is -1.75. The second kappa shape index (κ2) is 6.81. The van der Waals surface area contributed by atoms with Gasteiger partial charge in [-0.25, -0.2) is 0 Å². The van der Waals surface area contributed by atoms with Crippen LogP contribution in [0.1, 0.15) is 19.8 Å². The van der Waals surface area contributed by atoms with Gasteiger partial charge >= 0.3 is 0 Å². The molecule has 0 aliphatic heterocycles. The molecule has 0 amide bonds. The zero-order valence-electron chi connectivity index (χ0n) is 5.15. The molecular weight excluding hydrogens is 120 g/mol. The molecule has 0 aromatic carbocycles. The highest BCUT2D eigenvalue weighted by Gasteiger charge is 1.66. The Bertz CT molecular complexity index is 88.6. The summed E-state index contributed by atoms with van der Waals surface area (Å²) in [5.74, 6) is 0.570. The van der Waals surface area contributed by atoms with E-state index in [4.69, 9.17) is 11.6 Å². The summed E-state index contributed by atoms with van der Waals surface area (Å²) >= 11 is 5.34. The Morgan fingerprint density at radius 2 is 2.25 bits per heavy atom. The van der Waals surface area contributed by atoms with Crippen molar-refractivity contribution in [3.05, 3.63) is 17.9 Å². The predicted molar refractivity (Wildman–Crippen MR) is 38.3 cm³/mol. The largest absolute Gasteiger partial charge is 0.128 e. The Labute approximate surface area is 55.9 Å². The molecule has 0 N–H and O–H groups in total. The molecule has 0 fully saturated rings. The molecule has 0 bridgehead atoms. The lowest BCUT2D eigenvalue weighted by Crippen LogP contribution is -1.57. The van der Waals surface area contributed by atoms with Crippen molar-refractivity contribution >= 4 is 11.6 Å². The topological polar surface area (TPSA) is 0 Å². The molecule has 46 valence electrons. The minimum Gasteiger partial charge on any atom is -0.128 e. The van der Waals surface area contributed by atoms with Crippen LogP contribution in [0.15, 0.2) is 17.9 Å². The molecule has 0 spiro atoms. The fraction of sp³-hybridized carbons (Fsp3) is 0.571. The van der Waals surface area contributed by atoms with E-state index in [9.17, 15) is 0 Å². The number of halogens is 1. The van der Waals surface area contributed by atoms with Crippen LogP contribution in [0.2, 0.25) is 0 Å². The van der Waals surface area contributed by atoms with E-state index in [1.54, 1.807) is 0 Å². The van der Waals surface area contributed by atoms with Crippen LogP contribution >= 0.6 is 11.6 Å². The van der Waals surface area contributed by atoms with Gasteiger partial charge in [-0.05, 0) is 18.6 Å². The number of hydrogen-bond acceptors (Lipinski definition) is 0. The summed E-state index contributed by atoms with van der Waals surface area (Å²) in [5.41, 5.74) is 2.95. The minimum atomic E-state index is 0.570. The zero-order chi connectivity index (χ0) is 6.24. The number of unbranched alkanes of at least 4 members (excludes halogenated alkanes) is 1. The monoisotopic (exact) mass is 130 g/mol. The average molecular weight is 131 g/mol. The van der Waals surface area contributed by atoms with Gasteiger partial charge in [0.2, 0.25) is 0 Å². The van der Waals surface area contributed by atoms with Crippen LogP contribution in [-0.4, -0.2) is 5.88 Å². The van der Waals surface area contributed by atoms with Crippen LogP contribution in [0.4, 0.5) is 0 Å². The average Bonchev–Trinajstić information content (AvgIpc) is 1.81. The Balaban J connectivity index is 3.18. The van der Waals surface area contributed by atoms with Gasteiger partial charge in [-0.15, -0.1) is 17.3 Å². The standard InChI is InChI=1S/C7H11Cl/c1-2-3-4-5-6-7-8/h4,6H,2-3,7H2,1H3. The predicted octanol–water partition coefficient (Wildman–Crippen LogP) is 2.74. The van der Waals surface area contributed by atoms with E-state index in [-0.39, 0.29) is 0 Å². The Morgan fingerprint density at radius 1 is 1.50 bits per heavy atom. The van der Waals surface area contributed by atoms with Crippen LogP contribution in [0.5, 0.6) is 0 Å². The van der Waals surface area contributed by atoms with Crippen LogP contribution in [0, 0.1) is 0 Å². The Hall–Kier alpha value is -0.190. The molecule has 0 saturated heterocycles. The number of rotatable bonds is 3. The summed E-state index contributed by atoms with van der Waals surface area (Å²) in [5, 5.41) is 0. The number of allylic oxidation sites excluding steroid dienone is 1. The second-order valence-corrected chi connectivity index (χ2v) is 1.83. The summed E-state index contributed by atoms with van der Waals surface area (Å²) in [7, 11) is 0. The van der Waals surface area contributed by atoms with Gasteiger partial charge in [-0.2, -0.15) is 0 Å². The highest BCUT2D eigenvalue weighted by Crippen LogP contribution is 1.85. The van der Waals surface area contributed by atoms with Gasteiger partial charge < -0.3 is 0 Å². The lowest BCUT2D eigenvalue weighted by atomic mass is 10.3. The SMILES string of the molecule is CCCC=C=CCCl. The molecule has 8 heavy (non-hydrogen) atoms. The van der Waals surface area contributed by atoms with Crippen LogP contribution < -0.4 is 0 Å². The van der Waals surface area contributed by atoms with Crippen molar-refractivity contribution in [3.8, 4) is 0 Å². The van der Waals surface area contributed by atoms with Crippen molar-refractivity contribution in [1.82, 2.24) is 0 Å². The second-order valence-electron chi connectivity index (χ2n) is 1.52. The molecule has 0 aliphatic carbocycles. The van der Waals surface area contributed by atoms with Gasteiger partial charge in [0.1, 0.15) is 0 Å². The third-order valence-electron chi connectivity index (χ3n) is 0.746. The van der Waals surface area contributed by atoms with Gasteiger partial charge in [0.05, 0.1) is 0 Å². The molecule has 0 nitrogen and oxygen atoms in total. The molecule has 0 aromatic heterocycles. The first-order chi connectivity index (χ1) is 3.91. The maximum Gasteiger partial charge on any atom is 0.0478 e. The van der Waals surface area contributed by atoms with Gasteiger partial charge in [0, 0.05) is 5.88 Å². The van der Waals surface area contributed by atoms with E-state index in [0.29, 0.717) is 5.88 Å². The normalized spacial score (nSPS) is 7.75. The minimum absolute atomic E-state index is 0.570. The lowest BCUT2D eigenvalue weighted by molar-refractivity contribution is 0.960. The van der Waals surface area contributed by atoms with Crippen molar-refractivity contribution in [3.63, 3.8) is 0 Å². The van der Waals surface area contributed by atoms with Crippen LogP contribution in [0.25, 0.3) is 0 Å². The molecule has 0 heterocycles. The molecule has 1 heteroatoms. The van der Waals surface area contributed by atoms with Gasteiger partial charge in [0.15, 0.2) is 0 Å². The first-order valence-corrected chi connectivity index (χ1v) is 3.40. The summed E-state index contributed by atoms with van der Waals surface area (Å²) in [4.78, 5) is 0. The molecular formula is C7H11Cl. The number of alkyl halides is 1. The number of hydrogen-bond donors (Lipinski definition) is 0. The third kappa shape index (κ3) is 5.81. The highest BCUT2D eigenvalue weighted by molar-refractivity contribution is 6.18. The molecule has 0 aliphatic rings. The molecule has 0 atom stereocenters. The molecule has 0 unspecified atom stereocenters. The van der Waals surface area contributed by atoms with Crippen LogP contribution in [0.3, 0.4) is 0 Å². The summed E-state index contributed by atoms with van der Waals surface area (Å²) in [6.07, 6.45) is 6.11.